The van der Waals surface area contributed by atoms with E-state index in [2.05, 4.69) is 5.32 Å². The number of carbonyl (C=O) groups excluding carboxylic acids is 1. The molecule has 1 N–H and O–H groups in total. The number of halogens is 1. The number of sulfonamides is 1. The molecule has 10 nitrogen and oxygen atoms in total. The maximum Gasteiger partial charge on any atom is 0.289 e. The van der Waals surface area contributed by atoms with Gasteiger partial charge in [-0.05, 0) is 37.1 Å². The van der Waals surface area contributed by atoms with Gasteiger partial charge in [-0.25, -0.2) is 8.42 Å². The molecule has 1 unspecified atom stereocenters. The lowest BCUT2D eigenvalue weighted by molar-refractivity contribution is -0.384. The van der Waals surface area contributed by atoms with Gasteiger partial charge >= 0.3 is 0 Å². The lowest BCUT2D eigenvalue weighted by Gasteiger charge is -2.24. The van der Waals surface area contributed by atoms with Crippen LogP contribution in [0.3, 0.4) is 0 Å². The van der Waals surface area contributed by atoms with Crippen molar-refractivity contribution < 1.29 is 27.6 Å². The highest BCUT2D eigenvalue weighted by Gasteiger charge is 2.40. The van der Waals surface area contributed by atoms with Gasteiger partial charge in [-0.2, -0.15) is 4.31 Å². The van der Waals surface area contributed by atoms with Crippen molar-refractivity contribution in [2.45, 2.75) is 23.8 Å². The molecule has 0 saturated carbocycles. The molecule has 1 heterocycles. The van der Waals surface area contributed by atoms with Gasteiger partial charge in [0.25, 0.3) is 5.69 Å². The van der Waals surface area contributed by atoms with E-state index in [9.17, 15) is 23.3 Å². The van der Waals surface area contributed by atoms with Gasteiger partial charge < -0.3 is 14.8 Å². The first-order valence-corrected chi connectivity index (χ1v) is 11.0. The van der Waals surface area contributed by atoms with E-state index >= 15 is 0 Å². The highest BCUT2D eigenvalue weighted by atomic mass is 35.5. The number of amides is 1. The quantitative estimate of drug-likeness (QED) is 0.487. The molecular formula is C19H20ClN3O7S. The minimum absolute atomic E-state index is 0.0352. The minimum Gasteiger partial charge on any atom is -0.493 e. The van der Waals surface area contributed by atoms with Gasteiger partial charge in [0, 0.05) is 24.4 Å². The molecule has 12 heteroatoms. The summed E-state index contributed by atoms with van der Waals surface area (Å²) in [4.78, 5) is 23.2. The van der Waals surface area contributed by atoms with E-state index in [0.717, 1.165) is 10.4 Å². The first-order valence-electron chi connectivity index (χ1n) is 9.17. The number of nitro groups is 1. The smallest absolute Gasteiger partial charge is 0.289 e. The van der Waals surface area contributed by atoms with E-state index in [0.29, 0.717) is 18.6 Å². The fourth-order valence-corrected chi connectivity index (χ4v) is 5.22. The van der Waals surface area contributed by atoms with E-state index in [1.807, 2.05) is 0 Å². The minimum atomic E-state index is -4.00. The molecule has 0 radical (unpaired) electrons. The average Bonchev–Trinajstić information content (AvgIpc) is 3.25. The van der Waals surface area contributed by atoms with Gasteiger partial charge in [0.15, 0.2) is 11.5 Å². The third-order valence-corrected chi connectivity index (χ3v) is 7.10. The van der Waals surface area contributed by atoms with Crippen LogP contribution >= 0.6 is 11.6 Å². The molecule has 1 fully saturated rings. The van der Waals surface area contributed by atoms with Crippen LogP contribution in [0.25, 0.3) is 0 Å². The summed E-state index contributed by atoms with van der Waals surface area (Å²) < 4.78 is 37.8. The van der Waals surface area contributed by atoms with Crippen LogP contribution in [0.4, 0.5) is 11.4 Å². The Morgan fingerprint density at radius 3 is 2.55 bits per heavy atom. The molecule has 1 saturated heterocycles. The molecule has 1 aliphatic rings. The van der Waals surface area contributed by atoms with Crippen LogP contribution in [0.1, 0.15) is 12.8 Å². The second kappa shape index (κ2) is 9.08. The number of ether oxygens (including phenoxy) is 2. The largest absolute Gasteiger partial charge is 0.493 e. The van der Waals surface area contributed by atoms with E-state index in [1.54, 1.807) is 0 Å². The van der Waals surface area contributed by atoms with Gasteiger partial charge in [0.1, 0.15) is 11.1 Å². The molecule has 0 aliphatic carbocycles. The van der Waals surface area contributed by atoms with Crippen molar-refractivity contribution in [3.8, 4) is 11.5 Å². The Bertz CT molecular complexity index is 1120. The number of nitrogens with one attached hydrogen (secondary N) is 1. The van der Waals surface area contributed by atoms with Crippen LogP contribution in [0.2, 0.25) is 5.02 Å². The Morgan fingerprint density at radius 1 is 1.19 bits per heavy atom. The van der Waals surface area contributed by atoms with Crippen LogP contribution in [0.15, 0.2) is 41.3 Å². The molecule has 1 aliphatic heterocycles. The highest BCUT2D eigenvalue weighted by molar-refractivity contribution is 7.89. The molecule has 2 aromatic carbocycles. The zero-order valence-corrected chi connectivity index (χ0v) is 18.3. The van der Waals surface area contributed by atoms with Gasteiger partial charge in [0.05, 0.1) is 24.0 Å². The molecule has 31 heavy (non-hydrogen) atoms. The van der Waals surface area contributed by atoms with E-state index < -0.39 is 26.9 Å². The summed E-state index contributed by atoms with van der Waals surface area (Å²) in [5.74, 6) is 0.0388. The molecule has 1 atom stereocenters. The summed E-state index contributed by atoms with van der Waals surface area (Å²) in [7, 11) is -1.17. The molecule has 0 aromatic heterocycles. The van der Waals surface area contributed by atoms with Gasteiger partial charge in [-0.1, -0.05) is 11.6 Å². The Hall–Kier alpha value is -2.89. The van der Waals surface area contributed by atoms with Gasteiger partial charge in [-0.15, -0.1) is 0 Å². The van der Waals surface area contributed by atoms with Crippen molar-refractivity contribution in [3.05, 3.63) is 51.5 Å². The number of rotatable bonds is 7. The third-order valence-electron chi connectivity index (χ3n) is 4.88. The summed E-state index contributed by atoms with van der Waals surface area (Å²) in [6.45, 7) is 0.162. The number of anilines is 1. The topological polar surface area (TPSA) is 128 Å². The van der Waals surface area contributed by atoms with E-state index in [-0.39, 0.29) is 33.6 Å². The number of nitro benzene ring substituents is 1. The van der Waals surface area contributed by atoms with Crippen LogP contribution in [-0.2, 0) is 14.8 Å². The van der Waals surface area contributed by atoms with Crippen LogP contribution in [-0.4, -0.2) is 50.4 Å². The monoisotopic (exact) mass is 469 g/mol. The van der Waals surface area contributed by atoms with E-state index in [4.69, 9.17) is 21.1 Å². The lowest BCUT2D eigenvalue weighted by atomic mass is 10.2. The van der Waals surface area contributed by atoms with Crippen molar-refractivity contribution in [1.82, 2.24) is 4.31 Å². The fraction of sp³-hybridized carbons (Fsp3) is 0.316. The molecule has 166 valence electrons. The summed E-state index contributed by atoms with van der Waals surface area (Å²) in [6.07, 6.45) is 0.805. The molecule has 1 amide bonds. The zero-order valence-electron chi connectivity index (χ0n) is 16.7. The maximum absolute atomic E-state index is 13.2. The standard InChI is InChI=1S/C19H20ClN3O7S/c1-29-17-8-6-13(11-18(17)30-2)31(27,28)22-9-3-4-15(22)19(24)21-12-5-7-14(20)16(10-12)23(25)26/h5-8,10-11,15H,3-4,9H2,1-2H3,(H,21,24). The van der Waals surface area contributed by atoms with Crippen LogP contribution in [0, 0.1) is 10.1 Å². The van der Waals surface area contributed by atoms with Crippen molar-refractivity contribution >= 4 is 38.9 Å². The maximum atomic E-state index is 13.2. The normalized spacial score (nSPS) is 16.7. The molecule has 2 aromatic rings. The highest BCUT2D eigenvalue weighted by Crippen LogP contribution is 2.33. The number of hydrogen-bond acceptors (Lipinski definition) is 7. The first-order chi connectivity index (χ1) is 14.7. The molecule has 0 spiro atoms. The lowest BCUT2D eigenvalue weighted by Crippen LogP contribution is -2.43. The molecule has 0 bridgehead atoms. The Kier molecular flexibility index (Phi) is 6.68. The second-order valence-corrected chi connectivity index (χ2v) is 9.00. The van der Waals surface area contributed by atoms with Crippen molar-refractivity contribution in [3.63, 3.8) is 0 Å². The first kappa shape index (κ1) is 22.8. The number of hydrogen-bond donors (Lipinski definition) is 1. The van der Waals surface area contributed by atoms with Crippen LogP contribution in [0.5, 0.6) is 11.5 Å². The number of nitrogens with zero attached hydrogens (tertiary/aromatic N) is 2. The zero-order chi connectivity index (χ0) is 22.8. The summed E-state index contributed by atoms with van der Waals surface area (Å²) in [5.41, 5.74) is -0.211. The summed E-state index contributed by atoms with van der Waals surface area (Å²) in [6, 6.07) is 7.06. The SMILES string of the molecule is COc1ccc(S(=O)(=O)N2CCCC2C(=O)Nc2ccc(Cl)c([N+](=O)[O-])c2)cc1OC. The predicted molar refractivity (Wildman–Crippen MR) is 113 cm³/mol. The van der Waals surface area contributed by atoms with Crippen molar-refractivity contribution in [2.75, 3.05) is 26.1 Å². The number of carbonyl (C=O) groups is 1. The number of benzene rings is 2. The Labute approximate surface area is 183 Å². The van der Waals surface area contributed by atoms with E-state index in [1.165, 1.54) is 44.6 Å². The van der Waals surface area contributed by atoms with Crippen molar-refractivity contribution in [2.24, 2.45) is 0 Å². The van der Waals surface area contributed by atoms with Crippen LogP contribution < -0.4 is 14.8 Å². The summed E-state index contributed by atoms with van der Waals surface area (Å²) in [5, 5.41) is 13.5. The number of methoxy groups -OCH3 is 2. The fourth-order valence-electron chi connectivity index (χ4n) is 3.36. The Balaban J connectivity index is 1.86. The summed E-state index contributed by atoms with van der Waals surface area (Å²) >= 11 is 5.79. The Morgan fingerprint density at radius 2 is 1.90 bits per heavy atom. The van der Waals surface area contributed by atoms with Crippen molar-refractivity contribution in [1.29, 1.82) is 0 Å². The third kappa shape index (κ3) is 4.58. The average molecular weight is 470 g/mol. The predicted octanol–water partition coefficient (Wildman–Crippen LogP) is 3.06. The second-order valence-electron chi connectivity index (χ2n) is 6.70. The molecular weight excluding hydrogens is 450 g/mol. The molecule has 3 rings (SSSR count). The van der Waals surface area contributed by atoms with Gasteiger partial charge in [0.2, 0.25) is 15.9 Å². The van der Waals surface area contributed by atoms with Gasteiger partial charge in [-0.3, -0.25) is 14.9 Å².